The molecule has 0 aromatic carbocycles. The minimum Gasteiger partial charge on any atom is -0.0744 e. The highest BCUT2D eigenvalue weighted by molar-refractivity contribution is 6.76. The lowest BCUT2D eigenvalue weighted by Crippen LogP contribution is -2.21. The lowest BCUT2D eigenvalue weighted by molar-refractivity contribution is 0.682. The SMILES string of the molecule is C[Si](C)(C)CC1C=C2CCCCC2=C1. The highest BCUT2D eigenvalue weighted by Crippen LogP contribution is 2.37. The first-order valence-electron chi connectivity index (χ1n) is 5.96. The Morgan fingerprint density at radius 3 is 2.00 bits per heavy atom. The monoisotopic (exact) mass is 206 g/mol. The Bertz CT molecular complexity index is 256. The van der Waals surface area contributed by atoms with Crippen LogP contribution >= 0.6 is 0 Å². The quantitative estimate of drug-likeness (QED) is 0.588. The van der Waals surface area contributed by atoms with Crippen molar-refractivity contribution in [3.8, 4) is 0 Å². The van der Waals surface area contributed by atoms with Crippen LogP contribution in [0.25, 0.3) is 0 Å². The summed E-state index contributed by atoms with van der Waals surface area (Å²) in [6.45, 7) is 7.43. The van der Waals surface area contributed by atoms with E-state index >= 15 is 0 Å². The molecular weight excluding hydrogens is 184 g/mol. The van der Waals surface area contributed by atoms with Gasteiger partial charge in [0.2, 0.25) is 0 Å². The second-order valence-corrected chi connectivity index (χ2v) is 11.5. The van der Waals surface area contributed by atoms with Crippen molar-refractivity contribution in [3.05, 3.63) is 23.3 Å². The van der Waals surface area contributed by atoms with Gasteiger partial charge in [0.05, 0.1) is 0 Å². The van der Waals surface area contributed by atoms with Crippen molar-refractivity contribution >= 4 is 8.07 Å². The second kappa shape index (κ2) is 3.69. The van der Waals surface area contributed by atoms with Crippen molar-refractivity contribution < 1.29 is 0 Å². The van der Waals surface area contributed by atoms with Gasteiger partial charge in [0.25, 0.3) is 0 Å². The van der Waals surface area contributed by atoms with Crippen LogP contribution in [0.4, 0.5) is 0 Å². The summed E-state index contributed by atoms with van der Waals surface area (Å²) in [6, 6.07) is 1.44. The van der Waals surface area contributed by atoms with Crippen molar-refractivity contribution in [2.24, 2.45) is 5.92 Å². The van der Waals surface area contributed by atoms with Crippen LogP contribution < -0.4 is 0 Å². The molecule has 0 unspecified atom stereocenters. The van der Waals surface area contributed by atoms with Crippen LogP contribution in [0, 0.1) is 5.92 Å². The first kappa shape index (κ1) is 10.2. The van der Waals surface area contributed by atoms with Gasteiger partial charge < -0.3 is 0 Å². The van der Waals surface area contributed by atoms with Gasteiger partial charge in [0, 0.05) is 8.07 Å². The van der Waals surface area contributed by atoms with Gasteiger partial charge in [0.1, 0.15) is 0 Å². The molecule has 0 spiro atoms. The average molecular weight is 206 g/mol. The zero-order chi connectivity index (χ0) is 10.2. The summed E-state index contributed by atoms with van der Waals surface area (Å²) in [4.78, 5) is 0. The van der Waals surface area contributed by atoms with Gasteiger partial charge in [-0.3, -0.25) is 0 Å². The van der Waals surface area contributed by atoms with Crippen LogP contribution in [-0.4, -0.2) is 8.07 Å². The van der Waals surface area contributed by atoms with Gasteiger partial charge in [-0.25, -0.2) is 0 Å². The van der Waals surface area contributed by atoms with Crippen molar-refractivity contribution in [2.75, 3.05) is 0 Å². The summed E-state index contributed by atoms with van der Waals surface area (Å²) in [5.74, 6) is 0.796. The molecule has 0 aromatic rings. The molecule has 0 saturated heterocycles. The third kappa shape index (κ3) is 2.38. The summed E-state index contributed by atoms with van der Waals surface area (Å²) in [5, 5.41) is 0. The highest BCUT2D eigenvalue weighted by Gasteiger charge is 2.24. The lowest BCUT2D eigenvalue weighted by atomic mass is 9.92. The Balaban J connectivity index is 2.05. The molecule has 2 aliphatic carbocycles. The summed E-state index contributed by atoms with van der Waals surface area (Å²) < 4.78 is 0. The molecule has 78 valence electrons. The van der Waals surface area contributed by atoms with E-state index in [4.69, 9.17) is 0 Å². The molecule has 0 heterocycles. The molecule has 0 nitrogen and oxygen atoms in total. The maximum absolute atomic E-state index is 2.56. The third-order valence-electron chi connectivity index (χ3n) is 3.23. The molecule has 1 saturated carbocycles. The second-order valence-electron chi connectivity index (χ2n) is 6.02. The van der Waals surface area contributed by atoms with E-state index in [-0.39, 0.29) is 0 Å². The molecule has 0 atom stereocenters. The highest BCUT2D eigenvalue weighted by atomic mass is 28.3. The fourth-order valence-corrected chi connectivity index (χ4v) is 4.37. The number of fused-ring (bicyclic) bond motifs is 1. The number of rotatable bonds is 2. The Hall–Kier alpha value is -0.303. The van der Waals surface area contributed by atoms with Gasteiger partial charge >= 0.3 is 0 Å². The van der Waals surface area contributed by atoms with Crippen LogP contribution in [0.15, 0.2) is 23.3 Å². The van der Waals surface area contributed by atoms with Crippen LogP contribution in [0.1, 0.15) is 25.7 Å². The molecule has 0 bridgehead atoms. The predicted molar refractivity (Wildman–Crippen MR) is 66.3 cm³/mol. The van der Waals surface area contributed by atoms with E-state index in [0.29, 0.717) is 0 Å². The zero-order valence-electron chi connectivity index (χ0n) is 9.77. The van der Waals surface area contributed by atoms with Crippen molar-refractivity contribution in [3.63, 3.8) is 0 Å². The van der Waals surface area contributed by atoms with Gasteiger partial charge in [-0.05, 0) is 48.8 Å². The number of hydrogen-bond donors (Lipinski definition) is 0. The van der Waals surface area contributed by atoms with Crippen molar-refractivity contribution in [1.82, 2.24) is 0 Å². The van der Waals surface area contributed by atoms with E-state index < -0.39 is 8.07 Å². The molecule has 0 radical (unpaired) electrons. The van der Waals surface area contributed by atoms with E-state index in [1.54, 1.807) is 11.1 Å². The third-order valence-corrected chi connectivity index (χ3v) is 4.93. The zero-order valence-corrected chi connectivity index (χ0v) is 10.8. The average Bonchev–Trinajstić information content (AvgIpc) is 2.42. The van der Waals surface area contributed by atoms with Gasteiger partial charge in [-0.15, -0.1) is 0 Å². The predicted octanol–water partition coefficient (Wildman–Crippen LogP) is 4.38. The lowest BCUT2D eigenvalue weighted by Gasteiger charge is -2.18. The molecular formula is C13H22Si. The fourth-order valence-electron chi connectivity index (χ4n) is 2.72. The summed E-state index contributed by atoms with van der Waals surface area (Å²) in [7, 11) is -0.876. The van der Waals surface area contributed by atoms with Crippen LogP contribution in [0.2, 0.25) is 25.7 Å². The normalized spacial score (nSPS) is 23.1. The van der Waals surface area contributed by atoms with E-state index in [1.165, 1.54) is 31.7 Å². The minimum atomic E-state index is -0.876. The van der Waals surface area contributed by atoms with Crippen LogP contribution in [0.5, 0.6) is 0 Å². The smallest absolute Gasteiger partial charge is 0.0451 e. The Kier molecular flexibility index (Phi) is 2.69. The molecule has 1 heteroatoms. The van der Waals surface area contributed by atoms with E-state index in [2.05, 4.69) is 31.8 Å². The number of allylic oxidation sites excluding steroid dienone is 4. The maximum atomic E-state index is 2.56. The van der Waals surface area contributed by atoms with Crippen molar-refractivity contribution in [2.45, 2.75) is 51.4 Å². The molecule has 14 heavy (non-hydrogen) atoms. The van der Waals surface area contributed by atoms with E-state index in [0.717, 1.165) is 5.92 Å². The molecule has 0 N–H and O–H groups in total. The minimum absolute atomic E-state index is 0.796. The summed E-state index contributed by atoms with van der Waals surface area (Å²) in [6.07, 6.45) is 10.7. The van der Waals surface area contributed by atoms with E-state index in [1.807, 2.05) is 0 Å². The molecule has 0 aliphatic heterocycles. The van der Waals surface area contributed by atoms with Gasteiger partial charge in [0.15, 0.2) is 0 Å². The standard InChI is InChI=1S/C13H22Si/c1-14(2,3)10-11-8-12-6-4-5-7-13(12)9-11/h8-9,11H,4-7,10H2,1-3H3. The van der Waals surface area contributed by atoms with Crippen molar-refractivity contribution in [1.29, 1.82) is 0 Å². The van der Waals surface area contributed by atoms with Gasteiger partial charge in [-0.2, -0.15) is 0 Å². The Morgan fingerprint density at radius 1 is 1.07 bits per heavy atom. The fraction of sp³-hybridized carbons (Fsp3) is 0.692. The largest absolute Gasteiger partial charge is 0.0744 e. The molecule has 0 amide bonds. The van der Waals surface area contributed by atoms with Gasteiger partial charge in [-0.1, -0.05) is 31.8 Å². The molecule has 2 aliphatic rings. The molecule has 2 rings (SSSR count). The Labute approximate surface area is 89.1 Å². The van der Waals surface area contributed by atoms with Crippen LogP contribution in [-0.2, 0) is 0 Å². The number of hydrogen-bond acceptors (Lipinski definition) is 0. The first-order valence-corrected chi connectivity index (χ1v) is 9.67. The van der Waals surface area contributed by atoms with Crippen LogP contribution in [0.3, 0.4) is 0 Å². The molecule has 1 fully saturated rings. The topological polar surface area (TPSA) is 0 Å². The van der Waals surface area contributed by atoms with E-state index in [9.17, 15) is 0 Å². The summed E-state index contributed by atoms with van der Waals surface area (Å²) >= 11 is 0. The molecule has 0 aromatic heterocycles. The summed E-state index contributed by atoms with van der Waals surface area (Å²) in [5.41, 5.74) is 3.39. The first-order chi connectivity index (χ1) is 6.54. The maximum Gasteiger partial charge on any atom is 0.0451 e. The Morgan fingerprint density at radius 2 is 1.57 bits per heavy atom.